The molecule has 3 atom stereocenters. The van der Waals surface area contributed by atoms with Crippen LogP contribution in [0.1, 0.15) is 89.2 Å². The van der Waals surface area contributed by atoms with Crippen molar-refractivity contribution in [1.82, 2.24) is 9.97 Å². The Morgan fingerprint density at radius 2 is 1.76 bits per heavy atom. The van der Waals surface area contributed by atoms with Crippen LogP contribution in [0.25, 0.3) is 22.1 Å². The Kier molecular flexibility index (Phi) is 15.2. The summed E-state index contributed by atoms with van der Waals surface area (Å²) >= 11 is 0. The third-order valence-corrected chi connectivity index (χ3v) is 9.36. The SMILES string of the molecule is CC/C(C)=C(/O)Cc1ccc(C(F)(F)F)cc1C.CC1CCOC[C@@H]1C.C[C@@H]1CCCN1c1nc(C(F)F)nc2c1oc1ccccc12.O=CO. The molecule has 2 fully saturated rings. The minimum absolute atomic E-state index is 0.236. The van der Waals surface area contributed by atoms with Gasteiger partial charge in [0.1, 0.15) is 11.1 Å². The molecule has 0 saturated carbocycles. The molecule has 51 heavy (non-hydrogen) atoms. The Labute approximate surface area is 295 Å². The summed E-state index contributed by atoms with van der Waals surface area (Å²) in [5.41, 5.74) is 3.07. The zero-order chi connectivity index (χ0) is 37.9. The zero-order valence-electron chi connectivity index (χ0n) is 29.9. The van der Waals surface area contributed by atoms with Crippen molar-refractivity contribution in [2.45, 2.75) is 92.3 Å². The van der Waals surface area contributed by atoms with Crippen LogP contribution in [-0.2, 0) is 22.1 Å². The van der Waals surface area contributed by atoms with Crippen LogP contribution >= 0.6 is 0 Å². The highest BCUT2D eigenvalue weighted by Gasteiger charge is 2.31. The summed E-state index contributed by atoms with van der Waals surface area (Å²) < 4.78 is 75.0. The Morgan fingerprint density at radius 3 is 2.29 bits per heavy atom. The average Bonchev–Trinajstić information content (AvgIpc) is 3.69. The highest BCUT2D eigenvalue weighted by molar-refractivity contribution is 6.05. The molecule has 0 amide bonds. The van der Waals surface area contributed by atoms with Gasteiger partial charge in [0, 0.05) is 37.6 Å². The van der Waals surface area contributed by atoms with Crippen LogP contribution < -0.4 is 4.90 Å². The number of aliphatic hydroxyl groups excluding tert-OH is 1. The van der Waals surface area contributed by atoms with E-state index in [0.29, 0.717) is 33.6 Å². The molecule has 0 aliphatic carbocycles. The fourth-order valence-electron chi connectivity index (χ4n) is 5.73. The number of nitrogens with zero attached hydrogens (tertiary/aromatic N) is 3. The van der Waals surface area contributed by atoms with Gasteiger partial charge in [-0.15, -0.1) is 0 Å². The van der Waals surface area contributed by atoms with Crippen molar-refractivity contribution in [3.8, 4) is 0 Å². The number of carbonyl (C=O) groups is 1. The maximum atomic E-state index is 13.2. The molecule has 2 aromatic carbocycles. The van der Waals surface area contributed by atoms with E-state index in [9.17, 15) is 27.1 Å². The molecule has 0 spiro atoms. The van der Waals surface area contributed by atoms with Gasteiger partial charge in [-0.1, -0.05) is 39.0 Å². The van der Waals surface area contributed by atoms with Crippen LogP contribution in [0.3, 0.4) is 0 Å². The lowest BCUT2D eigenvalue weighted by Gasteiger charge is -2.24. The first-order chi connectivity index (χ1) is 24.1. The molecule has 2 aliphatic heterocycles. The molecule has 0 radical (unpaired) electrons. The summed E-state index contributed by atoms with van der Waals surface area (Å²) in [5, 5.41) is 17.4. The van der Waals surface area contributed by atoms with E-state index in [1.54, 1.807) is 6.92 Å². The van der Waals surface area contributed by atoms with Gasteiger partial charge in [0.25, 0.3) is 12.9 Å². The van der Waals surface area contributed by atoms with Crippen molar-refractivity contribution in [3.05, 3.63) is 76.3 Å². The Morgan fingerprint density at radius 1 is 1.08 bits per heavy atom. The van der Waals surface area contributed by atoms with Gasteiger partial charge in [-0.3, -0.25) is 4.79 Å². The molecule has 2 N–H and O–H groups in total. The first-order valence-electron chi connectivity index (χ1n) is 17.1. The highest BCUT2D eigenvalue weighted by Crippen LogP contribution is 2.37. The van der Waals surface area contributed by atoms with Crippen molar-refractivity contribution >= 4 is 34.4 Å². The smallest absolute Gasteiger partial charge is 0.416 e. The van der Waals surface area contributed by atoms with Crippen LogP contribution in [0.5, 0.6) is 0 Å². The predicted molar refractivity (Wildman–Crippen MR) is 188 cm³/mol. The Balaban J connectivity index is 0.000000217. The molecule has 1 unspecified atom stereocenters. The molecule has 4 heterocycles. The number of halogens is 5. The van der Waals surface area contributed by atoms with E-state index in [1.165, 1.54) is 12.5 Å². The Hall–Kier alpha value is -4.26. The van der Waals surface area contributed by atoms with Gasteiger partial charge in [-0.05, 0) is 99.3 Å². The zero-order valence-corrected chi connectivity index (χ0v) is 29.9. The summed E-state index contributed by atoms with van der Waals surface area (Å²) in [6, 6.07) is 11.2. The lowest BCUT2D eigenvalue weighted by atomic mass is 9.92. The minimum Gasteiger partial charge on any atom is -0.512 e. The summed E-state index contributed by atoms with van der Waals surface area (Å²) in [4.78, 5) is 18.5. The summed E-state index contributed by atoms with van der Waals surface area (Å²) in [6.07, 6.45) is -2.71. The quantitative estimate of drug-likeness (QED) is 0.119. The maximum Gasteiger partial charge on any atom is 0.416 e. The molecule has 2 aromatic heterocycles. The number of para-hydroxylation sites is 1. The minimum atomic E-state index is -4.32. The second-order valence-electron chi connectivity index (χ2n) is 13.0. The molecular weight excluding hydrogens is 673 g/mol. The molecule has 4 aromatic rings. The lowest BCUT2D eigenvalue weighted by molar-refractivity contribution is -0.137. The third kappa shape index (κ3) is 11.1. The van der Waals surface area contributed by atoms with Crippen LogP contribution in [0.2, 0.25) is 0 Å². The number of aliphatic hydroxyl groups is 1. The fraction of sp³-hybridized carbons (Fsp3) is 0.500. The molecule has 8 nitrogen and oxygen atoms in total. The van der Waals surface area contributed by atoms with Gasteiger partial charge in [0.05, 0.1) is 11.3 Å². The van der Waals surface area contributed by atoms with Gasteiger partial charge in [0.2, 0.25) is 0 Å². The number of aromatic nitrogens is 2. The number of allylic oxidation sites excluding steroid dienone is 2. The van der Waals surface area contributed by atoms with E-state index >= 15 is 0 Å². The average molecular weight is 722 g/mol. The van der Waals surface area contributed by atoms with E-state index in [0.717, 1.165) is 73.9 Å². The first-order valence-corrected chi connectivity index (χ1v) is 17.1. The van der Waals surface area contributed by atoms with Gasteiger partial charge < -0.3 is 24.3 Å². The van der Waals surface area contributed by atoms with E-state index in [4.69, 9.17) is 19.1 Å². The van der Waals surface area contributed by atoms with E-state index in [1.807, 2.05) is 43.0 Å². The van der Waals surface area contributed by atoms with Gasteiger partial charge >= 0.3 is 6.18 Å². The number of carboxylic acid groups (broad SMARTS) is 1. The molecule has 0 bridgehead atoms. The van der Waals surface area contributed by atoms with E-state index in [2.05, 4.69) is 30.7 Å². The Bertz CT molecular complexity index is 1750. The summed E-state index contributed by atoms with van der Waals surface area (Å²) in [5.74, 6) is 1.95. The van der Waals surface area contributed by atoms with E-state index < -0.39 is 24.0 Å². The number of ether oxygens (including phenoxy) is 1. The number of hydrogen-bond donors (Lipinski definition) is 2. The largest absolute Gasteiger partial charge is 0.512 e. The molecule has 13 heteroatoms. The van der Waals surface area contributed by atoms with Crippen molar-refractivity contribution in [2.24, 2.45) is 11.8 Å². The fourth-order valence-corrected chi connectivity index (χ4v) is 5.73. The first kappa shape index (κ1) is 41.2. The number of fused-ring (bicyclic) bond motifs is 3. The van der Waals surface area contributed by atoms with Crippen LogP contribution in [0, 0.1) is 18.8 Å². The molecule has 2 saturated heterocycles. The van der Waals surface area contributed by atoms with Crippen LogP contribution in [0.15, 0.2) is 58.2 Å². The summed E-state index contributed by atoms with van der Waals surface area (Å²) in [6.45, 7) is 14.5. The standard InChI is InChI=1S/C16H15F2N3O.C14H17F3O.C7H14O.CH2O2/c1-9-5-4-8-21(9)16-13-12(19-15(20-16)14(17)18)10-6-2-3-7-11(10)22-13;1-4-9(2)13(18)8-11-5-6-12(7-10(11)3)14(15,16)17;1-6-3-4-8-5-7(6)2;2-1-3/h2-3,6-7,9,14H,4-5,8H2,1H3;5-7,18H,4,8H2,1-3H3;6-7H,3-5H2,1-2H3;1H,(H,2,3)/b;13-9+;;/t9-;;6?,7-;/m1.0./s1. The topological polar surface area (TPSA) is 109 Å². The second-order valence-corrected chi connectivity index (χ2v) is 13.0. The second kappa shape index (κ2) is 18.8. The predicted octanol–water partition coefficient (Wildman–Crippen LogP) is 10.5. The lowest BCUT2D eigenvalue weighted by Crippen LogP contribution is -2.27. The molecule has 6 rings (SSSR count). The maximum absolute atomic E-state index is 13.2. The number of rotatable bonds is 5. The van der Waals surface area contributed by atoms with Crippen molar-refractivity contribution < 1.29 is 46.1 Å². The molecule has 2 aliphatic rings. The number of aryl methyl sites for hydroxylation is 1. The number of benzene rings is 2. The summed E-state index contributed by atoms with van der Waals surface area (Å²) in [7, 11) is 0. The number of anilines is 1. The third-order valence-electron chi connectivity index (χ3n) is 9.36. The number of alkyl halides is 5. The van der Waals surface area contributed by atoms with Gasteiger partial charge in [-0.25, -0.2) is 18.7 Å². The van der Waals surface area contributed by atoms with Crippen LogP contribution in [-0.4, -0.2) is 52.5 Å². The van der Waals surface area contributed by atoms with Crippen molar-refractivity contribution in [2.75, 3.05) is 24.7 Å². The molecule has 280 valence electrons. The van der Waals surface area contributed by atoms with Gasteiger partial charge in [0.15, 0.2) is 17.2 Å². The van der Waals surface area contributed by atoms with Gasteiger partial charge in [-0.2, -0.15) is 13.2 Å². The van der Waals surface area contributed by atoms with Crippen LogP contribution in [0.4, 0.5) is 27.8 Å². The monoisotopic (exact) mass is 721 g/mol. The normalized spacial score (nSPS) is 19.4. The highest BCUT2D eigenvalue weighted by atomic mass is 19.4. The van der Waals surface area contributed by atoms with Crippen molar-refractivity contribution in [1.29, 1.82) is 0 Å². The van der Waals surface area contributed by atoms with E-state index in [-0.39, 0.29) is 24.7 Å². The van der Waals surface area contributed by atoms with Crippen molar-refractivity contribution in [3.63, 3.8) is 0 Å². The number of hydrogen-bond acceptors (Lipinski definition) is 7. The number of furan rings is 1. The molecular formula is C38H48F5N3O5.